The van der Waals surface area contributed by atoms with Gasteiger partial charge < -0.3 is 14.2 Å². The maximum atomic E-state index is 12.4. The molecule has 1 aromatic heterocycles. The molecule has 0 bridgehead atoms. The third-order valence-electron chi connectivity index (χ3n) is 3.59. The Bertz CT molecular complexity index is 895. The number of rotatable bonds is 5. The monoisotopic (exact) mass is 357 g/mol. The summed E-state index contributed by atoms with van der Waals surface area (Å²) in [6, 6.07) is 14.1. The van der Waals surface area contributed by atoms with Crippen LogP contribution in [-0.2, 0) is 6.54 Å². The van der Waals surface area contributed by atoms with Crippen molar-refractivity contribution in [3.8, 4) is 17.1 Å². The minimum absolute atomic E-state index is 0.177. The standard InChI is InChI=1S/C18H16ClN3O3/c1-22(18(23)13-6-3-7-14(19)9-13)11-16-20-17(21-25-16)12-5-4-8-15(10-12)24-2/h3-10H,11H2,1-2H3. The number of aromatic nitrogens is 2. The average molecular weight is 358 g/mol. The van der Waals surface area contributed by atoms with Crippen LogP contribution >= 0.6 is 11.6 Å². The summed E-state index contributed by atoms with van der Waals surface area (Å²) in [4.78, 5) is 18.3. The highest BCUT2D eigenvalue weighted by molar-refractivity contribution is 6.30. The molecule has 0 saturated heterocycles. The third kappa shape index (κ3) is 3.97. The van der Waals surface area contributed by atoms with Gasteiger partial charge in [-0.15, -0.1) is 0 Å². The normalized spacial score (nSPS) is 10.5. The first kappa shape index (κ1) is 17.0. The van der Waals surface area contributed by atoms with E-state index in [2.05, 4.69) is 10.1 Å². The number of benzene rings is 2. The van der Waals surface area contributed by atoms with E-state index in [0.29, 0.717) is 28.1 Å². The SMILES string of the molecule is COc1cccc(-c2noc(CN(C)C(=O)c3cccc(Cl)c3)n2)c1. The quantitative estimate of drug-likeness (QED) is 0.696. The molecule has 0 atom stereocenters. The van der Waals surface area contributed by atoms with Gasteiger partial charge in [0.25, 0.3) is 5.91 Å². The average Bonchev–Trinajstić information content (AvgIpc) is 3.09. The van der Waals surface area contributed by atoms with E-state index in [1.807, 2.05) is 24.3 Å². The zero-order valence-corrected chi connectivity index (χ0v) is 14.5. The summed E-state index contributed by atoms with van der Waals surface area (Å²) in [5.74, 6) is 1.31. The van der Waals surface area contributed by atoms with Gasteiger partial charge in [-0.3, -0.25) is 4.79 Å². The molecule has 7 heteroatoms. The summed E-state index contributed by atoms with van der Waals surface area (Å²) in [5, 5.41) is 4.47. The Morgan fingerprint density at radius 2 is 2.04 bits per heavy atom. The van der Waals surface area contributed by atoms with Crippen molar-refractivity contribution in [2.45, 2.75) is 6.54 Å². The van der Waals surface area contributed by atoms with Gasteiger partial charge in [0, 0.05) is 23.2 Å². The lowest BCUT2D eigenvalue weighted by Gasteiger charge is -2.14. The fraction of sp³-hybridized carbons (Fsp3) is 0.167. The second-order valence-electron chi connectivity index (χ2n) is 5.42. The summed E-state index contributed by atoms with van der Waals surface area (Å²) < 4.78 is 10.4. The number of halogens is 1. The molecule has 0 saturated carbocycles. The van der Waals surface area contributed by atoms with Crippen LogP contribution in [0.5, 0.6) is 5.75 Å². The lowest BCUT2D eigenvalue weighted by molar-refractivity contribution is 0.0769. The van der Waals surface area contributed by atoms with E-state index in [1.165, 1.54) is 4.90 Å². The van der Waals surface area contributed by atoms with Crippen molar-refractivity contribution in [1.82, 2.24) is 15.0 Å². The highest BCUT2D eigenvalue weighted by Gasteiger charge is 2.16. The summed E-state index contributed by atoms with van der Waals surface area (Å²) in [5.41, 5.74) is 1.28. The number of amides is 1. The molecule has 0 aliphatic heterocycles. The molecular weight excluding hydrogens is 342 g/mol. The first-order valence-electron chi connectivity index (χ1n) is 7.55. The van der Waals surface area contributed by atoms with Crippen LogP contribution in [0.25, 0.3) is 11.4 Å². The van der Waals surface area contributed by atoms with Crippen LogP contribution < -0.4 is 4.74 Å². The van der Waals surface area contributed by atoms with Crippen molar-refractivity contribution in [3.63, 3.8) is 0 Å². The van der Waals surface area contributed by atoms with E-state index in [4.69, 9.17) is 20.9 Å². The van der Waals surface area contributed by atoms with Gasteiger partial charge in [0.2, 0.25) is 11.7 Å². The molecule has 0 N–H and O–H groups in total. The molecule has 6 nitrogen and oxygen atoms in total. The van der Waals surface area contributed by atoms with Crippen LogP contribution in [0.4, 0.5) is 0 Å². The number of methoxy groups -OCH3 is 1. The molecule has 0 fully saturated rings. The largest absolute Gasteiger partial charge is 0.497 e. The predicted molar refractivity (Wildman–Crippen MR) is 93.5 cm³/mol. The zero-order chi connectivity index (χ0) is 17.8. The van der Waals surface area contributed by atoms with Gasteiger partial charge in [-0.1, -0.05) is 35.0 Å². The number of carbonyl (C=O) groups is 1. The van der Waals surface area contributed by atoms with E-state index in [0.717, 1.165) is 5.56 Å². The van der Waals surface area contributed by atoms with E-state index in [-0.39, 0.29) is 12.5 Å². The predicted octanol–water partition coefficient (Wildman–Crippen LogP) is 3.67. The Morgan fingerprint density at radius 3 is 2.80 bits per heavy atom. The number of carbonyl (C=O) groups excluding carboxylic acids is 1. The summed E-state index contributed by atoms with van der Waals surface area (Å²) in [6.07, 6.45) is 0. The molecular formula is C18H16ClN3O3. The molecule has 0 aliphatic rings. The van der Waals surface area contributed by atoms with E-state index < -0.39 is 0 Å². The number of hydrogen-bond acceptors (Lipinski definition) is 5. The molecule has 1 heterocycles. The van der Waals surface area contributed by atoms with Crippen LogP contribution in [0.2, 0.25) is 5.02 Å². The van der Waals surface area contributed by atoms with E-state index in [9.17, 15) is 4.79 Å². The molecule has 25 heavy (non-hydrogen) atoms. The summed E-state index contributed by atoms with van der Waals surface area (Å²) >= 11 is 5.93. The second-order valence-corrected chi connectivity index (χ2v) is 5.85. The summed E-state index contributed by atoms with van der Waals surface area (Å²) in [6.45, 7) is 0.197. The molecule has 1 amide bonds. The van der Waals surface area contributed by atoms with Crippen molar-refractivity contribution in [2.24, 2.45) is 0 Å². The van der Waals surface area contributed by atoms with Crippen LogP contribution in [0.1, 0.15) is 16.2 Å². The molecule has 0 radical (unpaired) electrons. The smallest absolute Gasteiger partial charge is 0.254 e. The van der Waals surface area contributed by atoms with E-state index >= 15 is 0 Å². The molecule has 0 unspecified atom stereocenters. The van der Waals surface area contributed by atoms with Gasteiger partial charge in [-0.05, 0) is 30.3 Å². The number of ether oxygens (including phenoxy) is 1. The van der Waals surface area contributed by atoms with Gasteiger partial charge >= 0.3 is 0 Å². The number of nitrogens with zero attached hydrogens (tertiary/aromatic N) is 3. The topological polar surface area (TPSA) is 68.5 Å². The Balaban J connectivity index is 1.73. The zero-order valence-electron chi connectivity index (χ0n) is 13.8. The van der Waals surface area contributed by atoms with Crippen molar-refractivity contribution < 1.29 is 14.1 Å². The fourth-order valence-electron chi connectivity index (χ4n) is 2.32. The molecule has 3 rings (SSSR count). The Morgan fingerprint density at radius 1 is 1.24 bits per heavy atom. The van der Waals surface area contributed by atoms with Gasteiger partial charge in [0.1, 0.15) is 5.75 Å². The van der Waals surface area contributed by atoms with Crippen molar-refractivity contribution in [3.05, 3.63) is 65.0 Å². The van der Waals surface area contributed by atoms with Crippen LogP contribution in [0, 0.1) is 0 Å². The first-order valence-corrected chi connectivity index (χ1v) is 7.92. The Kier molecular flexibility index (Phi) is 5.00. The maximum absolute atomic E-state index is 12.4. The lowest BCUT2D eigenvalue weighted by atomic mass is 10.2. The molecule has 128 valence electrons. The Labute approximate surface area is 150 Å². The van der Waals surface area contributed by atoms with E-state index in [1.54, 1.807) is 38.4 Å². The molecule has 0 aliphatic carbocycles. The van der Waals surface area contributed by atoms with Crippen LogP contribution in [0.15, 0.2) is 53.1 Å². The van der Waals surface area contributed by atoms with Gasteiger partial charge in [0.05, 0.1) is 13.7 Å². The van der Waals surface area contributed by atoms with Gasteiger partial charge in [-0.25, -0.2) is 0 Å². The highest BCUT2D eigenvalue weighted by atomic mass is 35.5. The van der Waals surface area contributed by atoms with Crippen LogP contribution in [-0.4, -0.2) is 35.1 Å². The number of hydrogen-bond donors (Lipinski definition) is 0. The molecule has 3 aromatic rings. The maximum Gasteiger partial charge on any atom is 0.254 e. The Hall–Kier alpha value is -2.86. The minimum atomic E-state index is -0.177. The first-order chi connectivity index (χ1) is 12.1. The lowest BCUT2D eigenvalue weighted by Crippen LogP contribution is -2.26. The molecule has 0 spiro atoms. The fourth-order valence-corrected chi connectivity index (χ4v) is 2.51. The molecule has 2 aromatic carbocycles. The van der Waals surface area contributed by atoms with Gasteiger partial charge in [-0.2, -0.15) is 4.98 Å². The van der Waals surface area contributed by atoms with Crippen molar-refractivity contribution in [1.29, 1.82) is 0 Å². The third-order valence-corrected chi connectivity index (χ3v) is 3.82. The minimum Gasteiger partial charge on any atom is -0.497 e. The van der Waals surface area contributed by atoms with Crippen molar-refractivity contribution in [2.75, 3.05) is 14.2 Å². The van der Waals surface area contributed by atoms with Crippen LogP contribution in [0.3, 0.4) is 0 Å². The van der Waals surface area contributed by atoms with Gasteiger partial charge in [0.15, 0.2) is 0 Å². The van der Waals surface area contributed by atoms with Crippen molar-refractivity contribution >= 4 is 17.5 Å². The highest BCUT2D eigenvalue weighted by Crippen LogP contribution is 2.21. The summed E-state index contributed by atoms with van der Waals surface area (Å²) in [7, 11) is 3.26. The second kappa shape index (κ2) is 7.36.